The van der Waals surface area contributed by atoms with Gasteiger partial charge < -0.3 is 10.5 Å². The van der Waals surface area contributed by atoms with Crippen LogP contribution in [0.25, 0.3) is 11.4 Å². The molecule has 0 saturated carbocycles. The van der Waals surface area contributed by atoms with Crippen LogP contribution in [0.4, 0.5) is 8.78 Å². The molecule has 1 aromatic carbocycles. The maximum Gasteiger partial charge on any atom is 0.267 e. The van der Waals surface area contributed by atoms with Crippen molar-refractivity contribution in [1.82, 2.24) is 20.0 Å². The number of hydrogen-bond donors (Lipinski definition) is 1. The molecule has 0 fully saturated rings. The summed E-state index contributed by atoms with van der Waals surface area (Å²) in [7, 11) is 1.56. The van der Waals surface area contributed by atoms with Gasteiger partial charge in [-0.2, -0.15) is 5.10 Å². The molecule has 128 valence electrons. The summed E-state index contributed by atoms with van der Waals surface area (Å²) in [5.74, 6) is -1.11. The highest BCUT2D eigenvalue weighted by Crippen LogP contribution is 2.35. The fraction of sp³-hybridized carbons (Fsp3) is 0.125. The molecule has 2 aromatic heterocycles. The lowest BCUT2D eigenvalue weighted by Crippen LogP contribution is -2.13. The molecule has 2 N–H and O–H groups in total. The lowest BCUT2D eigenvalue weighted by Gasteiger charge is -2.09. The first-order valence-corrected chi connectivity index (χ1v) is 7.19. The Labute approximate surface area is 141 Å². The van der Waals surface area contributed by atoms with Crippen LogP contribution in [0.15, 0.2) is 42.6 Å². The van der Waals surface area contributed by atoms with E-state index in [0.29, 0.717) is 5.69 Å². The molecular weight excluding hydrogens is 332 g/mol. The number of ether oxygens (including phenoxy) is 1. The maximum atomic E-state index is 13.1. The van der Waals surface area contributed by atoms with Crippen LogP contribution < -0.4 is 10.5 Å². The zero-order valence-electron chi connectivity index (χ0n) is 13.1. The molecule has 0 aliphatic heterocycles. The van der Waals surface area contributed by atoms with E-state index in [0.717, 1.165) is 0 Å². The first-order valence-electron chi connectivity index (χ1n) is 7.19. The van der Waals surface area contributed by atoms with Gasteiger partial charge in [-0.3, -0.25) is 9.48 Å². The third-order valence-electron chi connectivity index (χ3n) is 3.44. The topological polar surface area (TPSA) is 95.9 Å². The van der Waals surface area contributed by atoms with Gasteiger partial charge in [-0.25, -0.2) is 8.78 Å². The number of para-hydroxylation sites is 1. The van der Waals surface area contributed by atoms with Gasteiger partial charge in [-0.1, -0.05) is 12.1 Å². The highest BCUT2D eigenvalue weighted by molar-refractivity contribution is 6.01. The third-order valence-corrected chi connectivity index (χ3v) is 3.44. The number of benzene rings is 1. The zero-order valence-corrected chi connectivity index (χ0v) is 13.1. The van der Waals surface area contributed by atoms with Crippen molar-refractivity contribution in [2.75, 3.05) is 0 Å². The number of hydrogen-bond acceptors (Lipinski definition) is 5. The second-order valence-corrected chi connectivity index (χ2v) is 5.07. The van der Waals surface area contributed by atoms with Crippen LogP contribution >= 0.6 is 0 Å². The smallest absolute Gasteiger partial charge is 0.267 e. The maximum absolute atomic E-state index is 13.1. The minimum atomic E-state index is -2.74. The van der Waals surface area contributed by atoms with Crippen molar-refractivity contribution in [2.24, 2.45) is 12.8 Å². The van der Waals surface area contributed by atoms with Crippen molar-refractivity contribution in [3.8, 4) is 23.0 Å². The van der Waals surface area contributed by atoms with Crippen molar-refractivity contribution >= 4 is 5.91 Å². The molecule has 3 rings (SSSR count). The van der Waals surface area contributed by atoms with E-state index in [1.165, 1.54) is 35.1 Å². The predicted molar refractivity (Wildman–Crippen MR) is 84.2 cm³/mol. The van der Waals surface area contributed by atoms with Gasteiger partial charge in [-0.15, -0.1) is 10.2 Å². The van der Waals surface area contributed by atoms with E-state index >= 15 is 0 Å². The number of halogens is 2. The number of rotatable bonds is 5. The van der Waals surface area contributed by atoms with E-state index in [-0.39, 0.29) is 28.5 Å². The van der Waals surface area contributed by atoms with Gasteiger partial charge in [0, 0.05) is 13.2 Å². The Morgan fingerprint density at radius 1 is 1.24 bits per heavy atom. The minimum absolute atomic E-state index is 0.0629. The number of nitrogens with two attached hydrogens (primary N) is 1. The number of carbonyl (C=O) groups excluding carboxylic acids is 1. The van der Waals surface area contributed by atoms with Crippen LogP contribution in [0.5, 0.6) is 11.6 Å². The summed E-state index contributed by atoms with van der Waals surface area (Å²) >= 11 is 0. The number of primary amides is 1. The monoisotopic (exact) mass is 345 g/mol. The van der Waals surface area contributed by atoms with Crippen LogP contribution in [0.2, 0.25) is 0 Å². The van der Waals surface area contributed by atoms with Crippen molar-refractivity contribution in [1.29, 1.82) is 0 Å². The summed E-state index contributed by atoms with van der Waals surface area (Å²) in [5.41, 5.74) is 5.70. The highest BCUT2D eigenvalue weighted by Gasteiger charge is 2.26. The van der Waals surface area contributed by atoms with E-state index in [2.05, 4.69) is 15.3 Å². The van der Waals surface area contributed by atoms with E-state index in [4.69, 9.17) is 10.5 Å². The van der Waals surface area contributed by atoms with Crippen LogP contribution in [-0.4, -0.2) is 25.9 Å². The summed E-state index contributed by atoms with van der Waals surface area (Å²) in [6.45, 7) is 0. The fourth-order valence-corrected chi connectivity index (χ4v) is 2.37. The quantitative estimate of drug-likeness (QED) is 0.767. The predicted octanol–water partition coefficient (Wildman–Crippen LogP) is 2.71. The van der Waals surface area contributed by atoms with E-state index < -0.39 is 12.3 Å². The Kier molecular flexibility index (Phi) is 4.38. The van der Waals surface area contributed by atoms with Crippen molar-refractivity contribution in [3.05, 3.63) is 53.7 Å². The molecule has 0 radical (unpaired) electrons. The molecule has 0 bridgehead atoms. The first-order chi connectivity index (χ1) is 12.0. The van der Waals surface area contributed by atoms with Crippen LogP contribution in [0.3, 0.4) is 0 Å². The number of nitrogens with zero attached hydrogens (tertiary/aromatic N) is 4. The van der Waals surface area contributed by atoms with Gasteiger partial charge >= 0.3 is 0 Å². The van der Waals surface area contributed by atoms with Crippen molar-refractivity contribution < 1.29 is 18.3 Å². The van der Waals surface area contributed by atoms with Gasteiger partial charge in [-0.05, 0) is 24.3 Å². The van der Waals surface area contributed by atoms with E-state index in [1.54, 1.807) is 19.2 Å². The van der Waals surface area contributed by atoms with E-state index in [1.807, 2.05) is 0 Å². The number of alkyl halides is 2. The number of aryl methyl sites for hydroxylation is 1. The molecule has 9 heteroatoms. The van der Waals surface area contributed by atoms with Gasteiger partial charge in [0.25, 0.3) is 18.2 Å². The minimum Gasteiger partial charge on any atom is -0.436 e. The Balaban J connectivity index is 2.11. The summed E-state index contributed by atoms with van der Waals surface area (Å²) in [6.07, 6.45) is -1.27. The molecule has 0 spiro atoms. The standard InChI is InChI=1S/C16H13F2N5O2/c1-23-13(10-6-4-8-20-21-10)12(15(19)24)16(22-23)25-11-7-3-2-5-9(11)14(17)18/h2-8,14H,1H3,(H2,19,24). The molecule has 3 aromatic rings. The van der Waals surface area contributed by atoms with Crippen molar-refractivity contribution in [3.63, 3.8) is 0 Å². The molecule has 0 unspecified atom stereocenters. The average Bonchev–Trinajstić information content (AvgIpc) is 2.92. The van der Waals surface area contributed by atoms with Gasteiger partial charge in [0.05, 0.1) is 5.56 Å². The summed E-state index contributed by atoms with van der Waals surface area (Å²) in [4.78, 5) is 11.9. The molecule has 0 aliphatic carbocycles. The molecule has 25 heavy (non-hydrogen) atoms. The van der Waals surface area contributed by atoms with Crippen LogP contribution in [0, 0.1) is 0 Å². The molecule has 1 amide bonds. The molecular formula is C16H13F2N5O2. The Morgan fingerprint density at radius 3 is 2.64 bits per heavy atom. The normalized spacial score (nSPS) is 10.9. The number of amides is 1. The molecule has 0 aliphatic rings. The average molecular weight is 345 g/mol. The Bertz CT molecular complexity index is 912. The first kappa shape index (κ1) is 16.5. The zero-order chi connectivity index (χ0) is 18.0. The van der Waals surface area contributed by atoms with Gasteiger partial charge in [0.2, 0.25) is 0 Å². The Hall–Kier alpha value is -3.36. The summed E-state index contributed by atoms with van der Waals surface area (Å²) in [5, 5.41) is 11.8. The SMILES string of the molecule is Cn1nc(Oc2ccccc2C(F)F)c(C(N)=O)c1-c1cccnn1. The fourth-order valence-electron chi connectivity index (χ4n) is 2.37. The van der Waals surface area contributed by atoms with Gasteiger partial charge in [0.1, 0.15) is 22.7 Å². The Morgan fingerprint density at radius 2 is 2.00 bits per heavy atom. The summed E-state index contributed by atoms with van der Waals surface area (Å²) in [6, 6.07) is 8.85. The van der Waals surface area contributed by atoms with Crippen LogP contribution in [0.1, 0.15) is 22.3 Å². The summed E-state index contributed by atoms with van der Waals surface area (Å²) < 4.78 is 33.1. The second-order valence-electron chi connectivity index (χ2n) is 5.07. The highest BCUT2D eigenvalue weighted by atomic mass is 19.3. The molecule has 0 atom stereocenters. The number of aromatic nitrogens is 4. The number of carbonyl (C=O) groups is 1. The second kappa shape index (κ2) is 6.63. The van der Waals surface area contributed by atoms with E-state index in [9.17, 15) is 13.6 Å². The van der Waals surface area contributed by atoms with Crippen molar-refractivity contribution in [2.45, 2.75) is 6.43 Å². The third kappa shape index (κ3) is 3.16. The largest absolute Gasteiger partial charge is 0.436 e. The van der Waals surface area contributed by atoms with Crippen LogP contribution in [-0.2, 0) is 7.05 Å². The molecule has 0 saturated heterocycles. The van der Waals surface area contributed by atoms with Gasteiger partial charge in [0.15, 0.2) is 0 Å². The molecule has 7 nitrogen and oxygen atoms in total. The molecule has 2 heterocycles. The lowest BCUT2D eigenvalue weighted by atomic mass is 10.1. The lowest BCUT2D eigenvalue weighted by molar-refractivity contribution is 0.0998.